The lowest BCUT2D eigenvalue weighted by atomic mass is 9.97. The average Bonchev–Trinajstić information content (AvgIpc) is 3.27. The van der Waals surface area contributed by atoms with Gasteiger partial charge in [-0.3, -0.25) is 4.79 Å². The summed E-state index contributed by atoms with van der Waals surface area (Å²) < 4.78 is 36.1. The van der Waals surface area contributed by atoms with Gasteiger partial charge in [0.2, 0.25) is 15.9 Å². The second-order valence-corrected chi connectivity index (χ2v) is 9.68. The highest BCUT2D eigenvalue weighted by molar-refractivity contribution is 7.89. The van der Waals surface area contributed by atoms with Gasteiger partial charge in [0.25, 0.3) is 0 Å². The molecule has 2 N–H and O–H groups in total. The molecule has 1 fully saturated rings. The number of aliphatic hydroxyl groups excluding tert-OH is 1. The summed E-state index contributed by atoms with van der Waals surface area (Å²) in [6.07, 6.45) is 1.17. The Kier molecular flexibility index (Phi) is 6.09. The Balaban J connectivity index is 1.51. The van der Waals surface area contributed by atoms with E-state index in [1.807, 2.05) is 30.3 Å². The van der Waals surface area contributed by atoms with E-state index in [9.17, 15) is 18.3 Å². The molecule has 1 saturated heterocycles. The van der Waals surface area contributed by atoms with Gasteiger partial charge in [0, 0.05) is 13.1 Å². The molecule has 0 unspecified atom stereocenters. The Morgan fingerprint density at radius 1 is 1.20 bits per heavy atom. The van der Waals surface area contributed by atoms with E-state index in [4.69, 9.17) is 0 Å². The number of aromatic nitrogens is 2. The van der Waals surface area contributed by atoms with Crippen molar-refractivity contribution in [3.63, 3.8) is 0 Å². The van der Waals surface area contributed by atoms with E-state index in [1.54, 1.807) is 12.1 Å². The number of benzene rings is 2. The highest BCUT2D eigenvalue weighted by atomic mass is 32.2. The molecule has 30 heavy (non-hydrogen) atoms. The maximum absolute atomic E-state index is 13.3. The molecule has 0 bridgehead atoms. The normalized spacial score (nSPS) is 18.9. The summed E-state index contributed by atoms with van der Waals surface area (Å²) in [5, 5.41) is 12.6. The Morgan fingerprint density at radius 2 is 2.00 bits per heavy atom. The van der Waals surface area contributed by atoms with Gasteiger partial charge in [0.05, 0.1) is 30.3 Å². The fourth-order valence-electron chi connectivity index (χ4n) is 3.71. The fourth-order valence-corrected chi connectivity index (χ4v) is 5.99. The molecule has 4 rings (SSSR count). The summed E-state index contributed by atoms with van der Waals surface area (Å²) in [7, 11) is -3.80. The number of carbonyl (C=O) groups excluding carboxylic acids is 1. The third-order valence-corrected chi connectivity index (χ3v) is 7.76. The van der Waals surface area contributed by atoms with Crippen LogP contribution in [0.1, 0.15) is 24.4 Å². The molecule has 8 nitrogen and oxygen atoms in total. The summed E-state index contributed by atoms with van der Waals surface area (Å²) >= 11 is 0.972. The van der Waals surface area contributed by atoms with Crippen LogP contribution in [0.15, 0.2) is 53.4 Å². The number of nitrogens with zero attached hydrogens (tertiary/aromatic N) is 3. The Morgan fingerprint density at radius 3 is 2.77 bits per heavy atom. The molecule has 0 spiro atoms. The molecule has 10 heteroatoms. The molecule has 0 aliphatic carbocycles. The lowest BCUT2D eigenvalue weighted by molar-refractivity contribution is -0.127. The first kappa shape index (κ1) is 20.9. The Labute approximate surface area is 178 Å². The van der Waals surface area contributed by atoms with Crippen LogP contribution in [0.2, 0.25) is 0 Å². The van der Waals surface area contributed by atoms with Gasteiger partial charge in [-0.15, -0.1) is 0 Å². The molecule has 1 aliphatic heterocycles. The summed E-state index contributed by atoms with van der Waals surface area (Å²) in [6.45, 7) is 0.209. The summed E-state index contributed by atoms with van der Waals surface area (Å²) in [4.78, 5) is 13.0. The van der Waals surface area contributed by atoms with Crippen molar-refractivity contribution in [2.24, 2.45) is 5.92 Å². The lowest BCUT2D eigenvalue weighted by Gasteiger charge is -2.32. The van der Waals surface area contributed by atoms with Gasteiger partial charge in [0.15, 0.2) is 0 Å². The zero-order valence-electron chi connectivity index (χ0n) is 16.1. The number of rotatable bonds is 6. The number of hydrogen-bond donors (Lipinski definition) is 2. The minimum Gasteiger partial charge on any atom is -0.394 e. The number of nitrogens with one attached hydrogen (secondary N) is 1. The van der Waals surface area contributed by atoms with Gasteiger partial charge >= 0.3 is 0 Å². The monoisotopic (exact) mass is 446 g/mol. The molecule has 2 atom stereocenters. The fraction of sp³-hybridized carbons (Fsp3) is 0.350. The van der Waals surface area contributed by atoms with Crippen LogP contribution in [0.5, 0.6) is 0 Å². The van der Waals surface area contributed by atoms with Crippen LogP contribution in [-0.2, 0) is 14.8 Å². The van der Waals surface area contributed by atoms with Crippen LogP contribution in [0.25, 0.3) is 11.0 Å². The minimum absolute atomic E-state index is 0.0923. The number of sulfonamides is 1. The standard InChI is InChI=1S/C20H22N4O4S2/c25-13-17(14-6-2-1-3-7-14)21-20(26)15-8-5-11-24(12-15)30(27,28)18-10-4-9-16-19(18)23-29-22-16/h1-4,6-7,9-10,15,17,25H,5,8,11-13H2,(H,21,26)/t15-,17-/m0/s1. The van der Waals surface area contributed by atoms with E-state index < -0.39 is 22.0 Å². The molecule has 0 saturated carbocycles. The van der Waals surface area contributed by atoms with Crippen LogP contribution in [0, 0.1) is 5.92 Å². The third kappa shape index (κ3) is 4.08. The number of amides is 1. The zero-order valence-corrected chi connectivity index (χ0v) is 17.8. The van der Waals surface area contributed by atoms with Crippen LogP contribution in [-0.4, -0.2) is 52.2 Å². The molecule has 1 aliphatic rings. The lowest BCUT2D eigenvalue weighted by Crippen LogP contribution is -2.46. The van der Waals surface area contributed by atoms with Crippen molar-refractivity contribution in [1.29, 1.82) is 0 Å². The van der Waals surface area contributed by atoms with E-state index in [0.717, 1.165) is 17.3 Å². The van der Waals surface area contributed by atoms with Gasteiger partial charge in [-0.1, -0.05) is 36.4 Å². The Bertz CT molecular complexity index is 1130. The van der Waals surface area contributed by atoms with Crippen molar-refractivity contribution in [3.8, 4) is 0 Å². The molecule has 1 amide bonds. The largest absolute Gasteiger partial charge is 0.394 e. The van der Waals surface area contributed by atoms with Crippen molar-refractivity contribution in [2.75, 3.05) is 19.7 Å². The minimum atomic E-state index is -3.80. The summed E-state index contributed by atoms with van der Waals surface area (Å²) in [5.74, 6) is -0.745. The average molecular weight is 447 g/mol. The van der Waals surface area contributed by atoms with Crippen molar-refractivity contribution in [1.82, 2.24) is 18.4 Å². The van der Waals surface area contributed by atoms with Crippen molar-refractivity contribution in [3.05, 3.63) is 54.1 Å². The summed E-state index contributed by atoms with van der Waals surface area (Å²) in [5.41, 5.74) is 1.70. The highest BCUT2D eigenvalue weighted by Crippen LogP contribution is 2.28. The molecular weight excluding hydrogens is 424 g/mol. The van der Waals surface area contributed by atoms with Gasteiger partial charge in [-0.2, -0.15) is 13.1 Å². The van der Waals surface area contributed by atoms with Crippen molar-refractivity contribution >= 4 is 38.7 Å². The van der Waals surface area contributed by atoms with E-state index >= 15 is 0 Å². The molecule has 2 aromatic carbocycles. The van der Waals surface area contributed by atoms with Crippen LogP contribution >= 0.6 is 11.7 Å². The van der Waals surface area contributed by atoms with E-state index in [2.05, 4.69) is 14.1 Å². The van der Waals surface area contributed by atoms with Gasteiger partial charge < -0.3 is 10.4 Å². The number of fused-ring (bicyclic) bond motifs is 1. The number of piperidine rings is 1. The smallest absolute Gasteiger partial charge is 0.245 e. The zero-order chi connectivity index (χ0) is 21.1. The first-order valence-electron chi connectivity index (χ1n) is 9.68. The maximum atomic E-state index is 13.3. The predicted octanol–water partition coefficient (Wildman–Crippen LogP) is 1.94. The van der Waals surface area contributed by atoms with E-state index in [1.165, 1.54) is 10.4 Å². The molecule has 2 heterocycles. The van der Waals surface area contributed by atoms with Crippen LogP contribution < -0.4 is 5.32 Å². The van der Waals surface area contributed by atoms with Crippen LogP contribution in [0.4, 0.5) is 0 Å². The quantitative estimate of drug-likeness (QED) is 0.598. The van der Waals surface area contributed by atoms with Gasteiger partial charge in [-0.05, 0) is 30.5 Å². The second-order valence-electron chi connectivity index (χ2n) is 7.24. The number of hydrogen-bond acceptors (Lipinski definition) is 7. The Hall–Kier alpha value is -2.40. The number of aliphatic hydroxyl groups is 1. The molecule has 0 radical (unpaired) electrons. The molecular formula is C20H22N4O4S2. The van der Waals surface area contributed by atoms with E-state index in [0.29, 0.717) is 30.4 Å². The highest BCUT2D eigenvalue weighted by Gasteiger charge is 2.35. The first-order valence-corrected chi connectivity index (χ1v) is 11.9. The summed E-state index contributed by atoms with van der Waals surface area (Å²) in [6, 6.07) is 13.6. The maximum Gasteiger partial charge on any atom is 0.245 e. The second kappa shape index (κ2) is 8.76. The first-order chi connectivity index (χ1) is 14.5. The van der Waals surface area contributed by atoms with Crippen molar-refractivity contribution < 1.29 is 18.3 Å². The molecule has 1 aromatic heterocycles. The predicted molar refractivity (Wildman–Crippen MR) is 113 cm³/mol. The molecule has 3 aromatic rings. The van der Waals surface area contributed by atoms with Gasteiger partial charge in [-0.25, -0.2) is 8.42 Å². The van der Waals surface area contributed by atoms with Crippen molar-refractivity contribution in [2.45, 2.75) is 23.8 Å². The SMILES string of the molecule is O=C(N[C@@H](CO)c1ccccc1)[C@H]1CCCN(S(=O)(=O)c2cccc3nsnc23)C1. The number of carbonyl (C=O) groups is 1. The van der Waals surface area contributed by atoms with Gasteiger partial charge in [0.1, 0.15) is 15.9 Å². The topological polar surface area (TPSA) is 112 Å². The molecule has 158 valence electrons. The van der Waals surface area contributed by atoms with Crippen LogP contribution in [0.3, 0.4) is 0 Å². The van der Waals surface area contributed by atoms with E-state index in [-0.39, 0.29) is 24.0 Å². The third-order valence-electron chi connectivity index (χ3n) is 5.32.